The van der Waals surface area contributed by atoms with Gasteiger partial charge in [0.15, 0.2) is 16.6 Å². The number of hydrogen-bond donors (Lipinski definition) is 1. The number of ether oxygens (including phenoxy) is 2. The Morgan fingerprint density at radius 2 is 1.94 bits per heavy atom. The first-order chi connectivity index (χ1) is 16.6. The van der Waals surface area contributed by atoms with E-state index in [2.05, 4.69) is 45.7 Å². The van der Waals surface area contributed by atoms with Crippen molar-refractivity contribution >= 4 is 17.3 Å². The number of benzene rings is 1. The zero-order chi connectivity index (χ0) is 23.2. The normalized spacial score (nSPS) is 19.0. The van der Waals surface area contributed by atoms with E-state index in [1.54, 1.807) is 6.26 Å². The lowest BCUT2D eigenvalue weighted by atomic mass is 9.96. The second kappa shape index (κ2) is 8.22. The maximum Gasteiger partial charge on any atom is 0.231 e. The topological polar surface area (TPSA) is 64.7 Å². The van der Waals surface area contributed by atoms with Gasteiger partial charge in [-0.3, -0.25) is 4.98 Å². The van der Waals surface area contributed by atoms with E-state index in [0.717, 1.165) is 40.0 Å². The van der Waals surface area contributed by atoms with Crippen molar-refractivity contribution in [2.75, 3.05) is 6.79 Å². The van der Waals surface area contributed by atoms with E-state index < -0.39 is 0 Å². The molecule has 0 aliphatic carbocycles. The van der Waals surface area contributed by atoms with Crippen molar-refractivity contribution < 1.29 is 13.9 Å². The minimum atomic E-state index is -0.0885. The number of rotatable bonds is 5. The summed E-state index contributed by atoms with van der Waals surface area (Å²) in [6, 6.07) is 18.0. The summed E-state index contributed by atoms with van der Waals surface area (Å²) in [5, 5.41) is 4.20. The number of aromatic nitrogens is 2. The molecule has 0 amide bonds. The fraction of sp³-hybridized carbons (Fsp3) is 0.231. The van der Waals surface area contributed by atoms with Gasteiger partial charge in [0.25, 0.3) is 0 Å². The summed E-state index contributed by atoms with van der Waals surface area (Å²) in [5.74, 6) is 2.40. The van der Waals surface area contributed by atoms with E-state index in [1.807, 2.05) is 48.7 Å². The number of nitrogens with zero attached hydrogens (tertiary/aromatic N) is 3. The van der Waals surface area contributed by atoms with Crippen LogP contribution in [-0.2, 0) is 6.54 Å². The van der Waals surface area contributed by atoms with Crippen LogP contribution in [-0.4, -0.2) is 26.4 Å². The first-order valence-electron chi connectivity index (χ1n) is 11.2. The van der Waals surface area contributed by atoms with Gasteiger partial charge < -0.3 is 28.7 Å². The quantitative estimate of drug-likeness (QED) is 0.411. The molecule has 1 saturated heterocycles. The molecule has 0 spiro atoms. The van der Waals surface area contributed by atoms with E-state index in [4.69, 9.17) is 26.1 Å². The Hall–Kier alpha value is -3.78. The third-order valence-electron chi connectivity index (χ3n) is 6.51. The molecule has 7 nitrogen and oxygen atoms in total. The molecule has 0 unspecified atom stereocenters. The molecule has 1 fully saturated rings. The van der Waals surface area contributed by atoms with Crippen LogP contribution in [0.4, 0.5) is 0 Å². The van der Waals surface area contributed by atoms with Crippen LogP contribution in [0.25, 0.3) is 5.69 Å². The van der Waals surface area contributed by atoms with Gasteiger partial charge in [0, 0.05) is 29.3 Å². The number of hydrogen-bond acceptors (Lipinski definition) is 5. The van der Waals surface area contributed by atoms with Crippen molar-refractivity contribution in [2.45, 2.75) is 32.5 Å². The molecule has 34 heavy (non-hydrogen) atoms. The first kappa shape index (κ1) is 20.8. The highest BCUT2D eigenvalue weighted by molar-refractivity contribution is 7.80. The minimum Gasteiger partial charge on any atom is -0.467 e. The summed E-state index contributed by atoms with van der Waals surface area (Å²) in [4.78, 5) is 6.84. The zero-order valence-electron chi connectivity index (χ0n) is 18.9. The maximum absolute atomic E-state index is 5.81. The molecule has 0 saturated carbocycles. The van der Waals surface area contributed by atoms with Crippen LogP contribution >= 0.6 is 12.2 Å². The second-order valence-corrected chi connectivity index (χ2v) is 8.92. The minimum absolute atomic E-state index is 0.0542. The molecule has 2 aliphatic heterocycles. The summed E-state index contributed by atoms with van der Waals surface area (Å²) in [7, 11) is 0. The molecule has 3 aromatic heterocycles. The molecule has 1 N–H and O–H groups in total. The van der Waals surface area contributed by atoms with Crippen LogP contribution in [0.1, 0.15) is 40.5 Å². The third-order valence-corrected chi connectivity index (χ3v) is 6.86. The molecule has 8 heteroatoms. The molecule has 0 radical (unpaired) electrons. The van der Waals surface area contributed by atoms with Gasteiger partial charge in [0.05, 0.1) is 30.6 Å². The average molecular weight is 473 g/mol. The molecular weight excluding hydrogens is 448 g/mol. The smallest absolute Gasteiger partial charge is 0.231 e. The second-order valence-electron chi connectivity index (χ2n) is 8.53. The zero-order valence-corrected chi connectivity index (χ0v) is 19.7. The van der Waals surface area contributed by atoms with Crippen LogP contribution < -0.4 is 14.8 Å². The number of pyridine rings is 1. The number of furan rings is 1. The monoisotopic (exact) mass is 472 g/mol. The fourth-order valence-electron chi connectivity index (χ4n) is 4.99. The summed E-state index contributed by atoms with van der Waals surface area (Å²) in [5.41, 5.74) is 5.43. The van der Waals surface area contributed by atoms with E-state index in [9.17, 15) is 0 Å². The largest absolute Gasteiger partial charge is 0.467 e. The molecule has 2 atom stereocenters. The van der Waals surface area contributed by atoms with Crippen molar-refractivity contribution in [2.24, 2.45) is 0 Å². The lowest BCUT2D eigenvalue weighted by molar-refractivity contribution is 0.174. The number of nitrogens with one attached hydrogen (secondary N) is 1. The van der Waals surface area contributed by atoms with Crippen LogP contribution in [0, 0.1) is 13.8 Å². The van der Waals surface area contributed by atoms with E-state index >= 15 is 0 Å². The highest BCUT2D eigenvalue weighted by atomic mass is 32.1. The van der Waals surface area contributed by atoms with Gasteiger partial charge in [0.2, 0.25) is 6.79 Å². The van der Waals surface area contributed by atoms with Crippen LogP contribution in [0.15, 0.2) is 71.5 Å². The molecule has 0 bridgehead atoms. The molecule has 172 valence electrons. The van der Waals surface area contributed by atoms with Gasteiger partial charge >= 0.3 is 0 Å². The molecule has 4 aromatic rings. The Bertz CT molecular complexity index is 1350. The first-order valence-corrected chi connectivity index (χ1v) is 11.6. The van der Waals surface area contributed by atoms with Crippen molar-refractivity contribution in [3.63, 3.8) is 0 Å². The Kier molecular flexibility index (Phi) is 5.03. The predicted molar refractivity (Wildman–Crippen MR) is 131 cm³/mol. The number of fused-ring (bicyclic) bond motifs is 1. The summed E-state index contributed by atoms with van der Waals surface area (Å²) in [6.07, 6.45) is 3.51. The van der Waals surface area contributed by atoms with Crippen LogP contribution in [0.3, 0.4) is 0 Å². The van der Waals surface area contributed by atoms with E-state index in [1.165, 1.54) is 5.56 Å². The SMILES string of the molecule is Cc1cc([C@H]2[C@@H](c3ccccn3)NC(=S)N2Cc2ccco2)c(C)n1-c1ccc2c(c1)OCO2. The van der Waals surface area contributed by atoms with Crippen LogP contribution in [0.2, 0.25) is 0 Å². The van der Waals surface area contributed by atoms with Gasteiger partial charge in [-0.25, -0.2) is 0 Å². The van der Waals surface area contributed by atoms with Crippen LogP contribution in [0.5, 0.6) is 11.5 Å². The Balaban J connectivity index is 1.45. The molecule has 5 heterocycles. The Labute approximate surface area is 202 Å². The Morgan fingerprint density at radius 3 is 2.74 bits per heavy atom. The van der Waals surface area contributed by atoms with Crippen molar-refractivity contribution in [1.82, 2.24) is 19.8 Å². The Morgan fingerprint density at radius 1 is 1.06 bits per heavy atom. The number of thiocarbonyl (C=S) groups is 1. The van der Waals surface area contributed by atoms with Crippen molar-refractivity contribution in [1.29, 1.82) is 0 Å². The number of aryl methyl sites for hydroxylation is 1. The lowest BCUT2D eigenvalue weighted by Crippen LogP contribution is -2.29. The average Bonchev–Trinajstić information content (AvgIpc) is 3.63. The molecule has 1 aromatic carbocycles. The van der Waals surface area contributed by atoms with Gasteiger partial charge in [-0.05, 0) is 74.1 Å². The molecule has 6 rings (SSSR count). The summed E-state index contributed by atoms with van der Waals surface area (Å²) >= 11 is 5.81. The van der Waals surface area contributed by atoms with Gasteiger partial charge in [0.1, 0.15) is 5.76 Å². The van der Waals surface area contributed by atoms with Gasteiger partial charge in [-0.15, -0.1) is 0 Å². The highest BCUT2D eigenvalue weighted by Crippen LogP contribution is 2.43. The fourth-order valence-corrected chi connectivity index (χ4v) is 5.30. The van der Waals surface area contributed by atoms with E-state index in [0.29, 0.717) is 11.7 Å². The predicted octanol–water partition coefficient (Wildman–Crippen LogP) is 4.98. The standard InChI is InChI=1S/C26H24N4O3S/c1-16-12-20(17(2)30(16)18-8-9-22-23(13-18)33-15-32-22)25-24(21-7-3-4-10-27-21)28-26(34)29(25)14-19-6-5-11-31-19/h3-13,24-25H,14-15H2,1-2H3,(H,28,34)/t24-,25+/m1/s1. The molecule has 2 aliphatic rings. The van der Waals surface area contributed by atoms with Gasteiger partial charge in [-0.1, -0.05) is 6.07 Å². The highest BCUT2D eigenvalue weighted by Gasteiger charge is 2.41. The lowest BCUT2D eigenvalue weighted by Gasteiger charge is -2.27. The summed E-state index contributed by atoms with van der Waals surface area (Å²) in [6.45, 7) is 5.09. The maximum atomic E-state index is 5.81. The summed E-state index contributed by atoms with van der Waals surface area (Å²) < 4.78 is 19.0. The van der Waals surface area contributed by atoms with Gasteiger partial charge in [-0.2, -0.15) is 0 Å². The van der Waals surface area contributed by atoms with E-state index in [-0.39, 0.29) is 18.9 Å². The van der Waals surface area contributed by atoms with Crippen molar-refractivity contribution in [3.8, 4) is 17.2 Å². The van der Waals surface area contributed by atoms with Crippen molar-refractivity contribution in [3.05, 3.63) is 95.5 Å². The third kappa shape index (κ3) is 3.42. The molecular formula is C26H24N4O3S.